The monoisotopic (exact) mass is 620 g/mol. The van der Waals surface area contributed by atoms with Crippen molar-refractivity contribution in [1.29, 1.82) is 0 Å². The zero-order chi connectivity index (χ0) is 30.8. The van der Waals surface area contributed by atoms with E-state index in [2.05, 4.69) is 0 Å². The molecule has 0 radical (unpaired) electrons. The number of furan rings is 1. The Morgan fingerprint density at radius 1 is 0.977 bits per heavy atom. The molecule has 0 unspecified atom stereocenters. The van der Waals surface area contributed by atoms with Gasteiger partial charge >= 0.3 is 5.97 Å². The summed E-state index contributed by atoms with van der Waals surface area (Å²) in [6, 6.07) is 27.4. The predicted octanol–water partition coefficient (Wildman–Crippen LogP) is 6.12. The second-order valence-electron chi connectivity index (χ2n) is 10.0. The van der Waals surface area contributed by atoms with E-state index < -0.39 is 12.0 Å². The molecule has 1 atom stereocenters. The molecule has 44 heavy (non-hydrogen) atoms. The minimum absolute atomic E-state index is 0.00732. The third-order valence-electron chi connectivity index (χ3n) is 7.28. The fourth-order valence-electron chi connectivity index (χ4n) is 5.13. The Balaban J connectivity index is 1.52. The number of aromatic nitrogens is 1. The summed E-state index contributed by atoms with van der Waals surface area (Å²) in [5.74, 6) is 0.582. The third kappa shape index (κ3) is 5.64. The van der Waals surface area contributed by atoms with E-state index in [1.807, 2.05) is 79.1 Å². The van der Waals surface area contributed by atoms with Crippen LogP contribution in [-0.2, 0) is 9.53 Å². The van der Waals surface area contributed by atoms with Crippen molar-refractivity contribution in [3.05, 3.63) is 139 Å². The summed E-state index contributed by atoms with van der Waals surface area (Å²) in [6.45, 7) is 3.47. The number of Topliss-reactive ketones (excluding diaryl/α,β-unsaturated/α-hetero) is 1. The molecule has 0 spiro atoms. The van der Waals surface area contributed by atoms with E-state index in [1.54, 1.807) is 47.5 Å². The Morgan fingerprint density at radius 2 is 1.70 bits per heavy atom. The molecule has 0 fully saturated rings. The highest BCUT2D eigenvalue weighted by Crippen LogP contribution is 2.35. The molecule has 0 amide bonds. The van der Waals surface area contributed by atoms with E-state index in [0.717, 1.165) is 21.6 Å². The summed E-state index contributed by atoms with van der Waals surface area (Å²) in [7, 11) is 0. The van der Waals surface area contributed by atoms with Crippen molar-refractivity contribution in [3.8, 4) is 11.3 Å². The van der Waals surface area contributed by atoms with Crippen molar-refractivity contribution in [2.24, 2.45) is 4.99 Å². The van der Waals surface area contributed by atoms with E-state index in [1.165, 1.54) is 18.3 Å². The summed E-state index contributed by atoms with van der Waals surface area (Å²) < 4.78 is 13.6. The molecule has 7 nitrogen and oxygen atoms in total. The zero-order valence-corrected chi connectivity index (χ0v) is 25.9. The van der Waals surface area contributed by atoms with Crippen LogP contribution in [0.2, 0.25) is 0 Å². The molecule has 1 aliphatic rings. The molecule has 0 aliphatic carbocycles. The van der Waals surface area contributed by atoms with Gasteiger partial charge in [-0.2, -0.15) is 0 Å². The lowest BCUT2D eigenvalue weighted by molar-refractivity contribution is -0.138. The summed E-state index contributed by atoms with van der Waals surface area (Å²) in [6.07, 6.45) is 3.69. The van der Waals surface area contributed by atoms with Gasteiger partial charge in [-0.3, -0.25) is 14.2 Å². The highest BCUT2D eigenvalue weighted by molar-refractivity contribution is 7.98. The normalized spacial score (nSPS) is 14.7. The highest BCUT2D eigenvalue weighted by Gasteiger charge is 2.35. The lowest BCUT2D eigenvalue weighted by atomic mass is 9.93. The van der Waals surface area contributed by atoms with Crippen molar-refractivity contribution in [2.45, 2.75) is 24.8 Å². The van der Waals surface area contributed by atoms with Crippen LogP contribution in [0.4, 0.5) is 0 Å². The molecule has 5 aromatic rings. The summed E-state index contributed by atoms with van der Waals surface area (Å²) in [4.78, 5) is 45.8. The molecule has 220 valence electrons. The number of carbonyl (C=O) groups is 2. The molecule has 9 heteroatoms. The molecule has 1 aliphatic heterocycles. The number of ketones is 1. The smallest absolute Gasteiger partial charge is 0.338 e. The van der Waals surface area contributed by atoms with Gasteiger partial charge in [-0.25, -0.2) is 9.79 Å². The average Bonchev–Trinajstić information content (AvgIpc) is 3.65. The van der Waals surface area contributed by atoms with Gasteiger partial charge in [0, 0.05) is 27.7 Å². The molecular formula is C35H28N2O5S2. The van der Waals surface area contributed by atoms with Gasteiger partial charge < -0.3 is 9.15 Å². The first kappa shape index (κ1) is 29.3. The summed E-state index contributed by atoms with van der Waals surface area (Å²) in [5, 5.41) is 0. The van der Waals surface area contributed by atoms with E-state index in [0.29, 0.717) is 37.7 Å². The lowest BCUT2D eigenvalue weighted by Crippen LogP contribution is -2.40. The Hall–Kier alpha value is -4.73. The SMILES string of the molecule is CCOC(=O)C1=C(c2ccccc2)N=c2s/c(=C\c3ccc(-c4ccc(C(C)=O)cc4)o3)c(=O)n2[C@H]1c1ccc(SC)cc1. The number of hydrogen-bond acceptors (Lipinski definition) is 8. The van der Waals surface area contributed by atoms with Crippen molar-refractivity contribution in [1.82, 2.24) is 4.57 Å². The molecule has 0 N–H and O–H groups in total. The molecule has 3 aromatic carbocycles. The summed E-state index contributed by atoms with van der Waals surface area (Å²) in [5.41, 5.74) is 3.47. The topological polar surface area (TPSA) is 90.9 Å². The van der Waals surface area contributed by atoms with Crippen LogP contribution in [-0.4, -0.2) is 29.2 Å². The zero-order valence-electron chi connectivity index (χ0n) is 24.3. The van der Waals surface area contributed by atoms with Gasteiger partial charge in [0.25, 0.3) is 5.56 Å². The largest absolute Gasteiger partial charge is 0.463 e. The van der Waals surface area contributed by atoms with Crippen molar-refractivity contribution in [2.75, 3.05) is 12.9 Å². The highest BCUT2D eigenvalue weighted by atomic mass is 32.2. The number of nitrogens with zero attached hydrogens (tertiary/aromatic N) is 2. The number of thioether (sulfide) groups is 1. The molecule has 0 saturated carbocycles. The van der Waals surface area contributed by atoms with Gasteiger partial charge in [0.05, 0.1) is 28.5 Å². The first-order valence-electron chi connectivity index (χ1n) is 14.0. The number of carbonyl (C=O) groups excluding carboxylic acids is 2. The minimum Gasteiger partial charge on any atom is -0.463 e. The van der Waals surface area contributed by atoms with Crippen LogP contribution in [0.15, 0.2) is 116 Å². The van der Waals surface area contributed by atoms with Crippen LogP contribution < -0.4 is 14.9 Å². The van der Waals surface area contributed by atoms with Crippen molar-refractivity contribution >= 4 is 46.6 Å². The molecule has 2 aromatic heterocycles. The number of thiazole rings is 1. The van der Waals surface area contributed by atoms with Gasteiger partial charge in [0.2, 0.25) is 0 Å². The molecule has 3 heterocycles. The van der Waals surface area contributed by atoms with Crippen LogP contribution in [0, 0.1) is 0 Å². The van der Waals surface area contributed by atoms with E-state index in [-0.39, 0.29) is 17.9 Å². The van der Waals surface area contributed by atoms with E-state index in [9.17, 15) is 14.4 Å². The van der Waals surface area contributed by atoms with Gasteiger partial charge in [-0.1, -0.05) is 78.1 Å². The summed E-state index contributed by atoms with van der Waals surface area (Å²) >= 11 is 2.85. The third-order valence-corrected chi connectivity index (χ3v) is 9.01. The van der Waals surface area contributed by atoms with Crippen LogP contribution in [0.25, 0.3) is 23.1 Å². The second kappa shape index (κ2) is 12.5. The number of hydrogen-bond donors (Lipinski definition) is 0. The average molecular weight is 621 g/mol. The maximum atomic E-state index is 14.1. The van der Waals surface area contributed by atoms with E-state index >= 15 is 0 Å². The van der Waals surface area contributed by atoms with Crippen LogP contribution in [0.3, 0.4) is 0 Å². The van der Waals surface area contributed by atoms with Crippen molar-refractivity contribution in [3.63, 3.8) is 0 Å². The molecule has 0 saturated heterocycles. The molecule has 0 bridgehead atoms. The molecular weight excluding hydrogens is 593 g/mol. The van der Waals surface area contributed by atoms with Gasteiger partial charge in [0.15, 0.2) is 10.6 Å². The minimum atomic E-state index is -0.745. The lowest BCUT2D eigenvalue weighted by Gasteiger charge is -2.26. The van der Waals surface area contributed by atoms with Crippen LogP contribution in [0.5, 0.6) is 0 Å². The van der Waals surface area contributed by atoms with Crippen molar-refractivity contribution < 1.29 is 18.7 Å². The Bertz CT molecular complexity index is 2070. The van der Waals surface area contributed by atoms with Gasteiger partial charge in [0.1, 0.15) is 11.5 Å². The number of ether oxygens (including phenoxy) is 1. The van der Waals surface area contributed by atoms with Crippen LogP contribution in [0.1, 0.15) is 47.1 Å². The van der Waals surface area contributed by atoms with E-state index in [4.69, 9.17) is 14.1 Å². The van der Waals surface area contributed by atoms with Gasteiger partial charge in [-0.15, -0.1) is 11.8 Å². The Morgan fingerprint density at radius 3 is 2.36 bits per heavy atom. The van der Waals surface area contributed by atoms with Crippen LogP contribution >= 0.6 is 23.1 Å². The quantitative estimate of drug-likeness (QED) is 0.118. The predicted molar refractivity (Wildman–Crippen MR) is 173 cm³/mol. The Labute approximate surface area is 261 Å². The number of benzene rings is 3. The maximum Gasteiger partial charge on any atom is 0.338 e. The second-order valence-corrected chi connectivity index (χ2v) is 11.9. The number of fused-ring (bicyclic) bond motifs is 1. The molecule has 6 rings (SSSR count). The fourth-order valence-corrected chi connectivity index (χ4v) is 6.52. The van der Waals surface area contributed by atoms with Gasteiger partial charge in [-0.05, 0) is 49.9 Å². The first-order valence-corrected chi connectivity index (χ1v) is 16.1. The number of esters is 1. The maximum absolute atomic E-state index is 14.1. The number of rotatable bonds is 8. The fraction of sp³-hybridized carbons (Fsp3) is 0.143. The standard InChI is InChI=1S/C35H28N2O5S2/c1-4-41-34(40)30-31(24-8-6-5-7-9-24)36-35-37(32(30)25-14-17-27(43-3)18-15-25)33(39)29(44-35)20-26-16-19-28(42-26)23-12-10-22(11-13-23)21(2)38/h5-20,32H,4H2,1-3H3/b29-20-/t32-/m0/s1. The first-order chi connectivity index (χ1) is 21.4. The Kier molecular flexibility index (Phi) is 8.32.